The molecule has 0 saturated carbocycles. The van der Waals surface area contributed by atoms with Crippen molar-refractivity contribution in [2.75, 3.05) is 30.3 Å². The molecular formula is C18H22N6O. The van der Waals surface area contributed by atoms with E-state index in [1.54, 1.807) is 10.7 Å². The molecule has 0 spiro atoms. The molecule has 25 heavy (non-hydrogen) atoms. The van der Waals surface area contributed by atoms with Gasteiger partial charge in [-0.2, -0.15) is 4.98 Å². The Morgan fingerprint density at radius 2 is 2.20 bits per heavy atom. The highest BCUT2D eigenvalue weighted by atomic mass is 16.5. The topological polar surface area (TPSA) is 81.6 Å². The number of anilines is 2. The van der Waals surface area contributed by atoms with Crippen molar-refractivity contribution >= 4 is 17.4 Å². The molecule has 130 valence electrons. The average molecular weight is 338 g/mol. The number of rotatable bonds is 4. The van der Waals surface area contributed by atoms with Crippen LogP contribution in [0.3, 0.4) is 0 Å². The van der Waals surface area contributed by atoms with Crippen LogP contribution < -0.4 is 15.4 Å². The van der Waals surface area contributed by atoms with Gasteiger partial charge in [0, 0.05) is 25.1 Å². The van der Waals surface area contributed by atoms with Gasteiger partial charge in [0.2, 0.25) is 5.95 Å². The molecule has 3 aromatic rings. The summed E-state index contributed by atoms with van der Waals surface area (Å²) in [7, 11) is 0. The molecule has 7 nitrogen and oxygen atoms in total. The summed E-state index contributed by atoms with van der Waals surface area (Å²) in [6, 6.07) is 10.1. The molecule has 0 amide bonds. The molecule has 2 N–H and O–H groups in total. The zero-order chi connectivity index (χ0) is 17.2. The highest BCUT2D eigenvalue weighted by Gasteiger charge is 2.22. The first-order valence-electron chi connectivity index (χ1n) is 8.60. The Morgan fingerprint density at radius 1 is 1.32 bits per heavy atom. The Labute approximate surface area is 146 Å². The molecule has 0 bridgehead atoms. The summed E-state index contributed by atoms with van der Waals surface area (Å²) in [5.74, 6) is 2.70. The largest absolute Gasteiger partial charge is 0.493 e. The third kappa shape index (κ3) is 3.22. The van der Waals surface area contributed by atoms with Gasteiger partial charge in [-0.3, -0.25) is 4.40 Å². The zero-order valence-corrected chi connectivity index (χ0v) is 14.3. The fourth-order valence-electron chi connectivity index (χ4n) is 3.34. The van der Waals surface area contributed by atoms with E-state index in [9.17, 15) is 0 Å². The van der Waals surface area contributed by atoms with Crippen LogP contribution in [-0.2, 0) is 0 Å². The van der Waals surface area contributed by atoms with E-state index in [1.807, 2.05) is 24.3 Å². The third-order valence-corrected chi connectivity index (χ3v) is 4.72. The van der Waals surface area contributed by atoms with E-state index in [1.165, 1.54) is 5.56 Å². The number of aromatic nitrogens is 4. The first-order chi connectivity index (χ1) is 12.2. The van der Waals surface area contributed by atoms with Crippen molar-refractivity contribution in [3.05, 3.63) is 42.2 Å². The monoisotopic (exact) mass is 338 g/mol. The van der Waals surface area contributed by atoms with Crippen LogP contribution in [0.25, 0.3) is 5.65 Å². The van der Waals surface area contributed by atoms with Gasteiger partial charge in [0.15, 0.2) is 5.65 Å². The lowest BCUT2D eigenvalue weighted by atomic mass is 9.99. The van der Waals surface area contributed by atoms with Gasteiger partial charge in [-0.15, -0.1) is 10.2 Å². The molecule has 4 rings (SSSR count). The normalized spacial score (nSPS) is 17.8. The number of ether oxygens (including phenoxy) is 1. The van der Waals surface area contributed by atoms with E-state index in [0.29, 0.717) is 18.5 Å². The van der Waals surface area contributed by atoms with E-state index in [2.05, 4.69) is 33.1 Å². The van der Waals surface area contributed by atoms with Gasteiger partial charge in [-0.05, 0) is 31.4 Å². The summed E-state index contributed by atoms with van der Waals surface area (Å²) in [5.41, 5.74) is 7.91. The Bertz CT molecular complexity index is 877. The van der Waals surface area contributed by atoms with Crippen LogP contribution >= 0.6 is 0 Å². The van der Waals surface area contributed by atoms with E-state index in [0.717, 1.165) is 43.1 Å². The molecule has 1 aliphatic heterocycles. The van der Waals surface area contributed by atoms with Crippen LogP contribution in [0, 0.1) is 12.8 Å². The van der Waals surface area contributed by atoms with Crippen molar-refractivity contribution in [1.82, 2.24) is 19.6 Å². The SMILES string of the molecule is Cc1ccccc1OCC1CCCN(c2cc3nncn3c(N)n2)C1. The molecule has 1 unspecified atom stereocenters. The quantitative estimate of drug-likeness (QED) is 0.786. The molecule has 1 aromatic carbocycles. The molecular weight excluding hydrogens is 316 g/mol. The summed E-state index contributed by atoms with van der Waals surface area (Å²) in [4.78, 5) is 6.77. The van der Waals surface area contributed by atoms with Gasteiger partial charge >= 0.3 is 0 Å². The number of hydrogen-bond acceptors (Lipinski definition) is 6. The van der Waals surface area contributed by atoms with Crippen molar-refractivity contribution in [2.24, 2.45) is 5.92 Å². The number of piperidine rings is 1. The fraction of sp³-hybridized carbons (Fsp3) is 0.389. The average Bonchev–Trinajstić information content (AvgIpc) is 3.11. The highest BCUT2D eigenvalue weighted by Crippen LogP contribution is 2.25. The highest BCUT2D eigenvalue weighted by molar-refractivity contribution is 5.55. The van der Waals surface area contributed by atoms with Gasteiger partial charge in [0.25, 0.3) is 0 Å². The smallest absolute Gasteiger partial charge is 0.209 e. The first-order valence-corrected chi connectivity index (χ1v) is 8.60. The summed E-state index contributed by atoms with van der Waals surface area (Å²) < 4.78 is 7.73. The molecule has 1 atom stereocenters. The van der Waals surface area contributed by atoms with E-state index < -0.39 is 0 Å². The standard InChI is InChI=1S/C18H22N6O/c1-13-5-2-3-7-15(13)25-11-14-6-4-8-23(10-14)16-9-17-22-20-12-24(17)18(19)21-16/h2-3,5,7,9,12,14H,4,6,8,10-11H2,1H3,(H2,19,21). The maximum atomic E-state index is 6.04. The minimum Gasteiger partial charge on any atom is -0.493 e. The molecule has 0 aliphatic carbocycles. The Balaban J connectivity index is 1.46. The fourth-order valence-corrected chi connectivity index (χ4v) is 3.34. The number of nitrogens with two attached hydrogens (primary N) is 1. The van der Waals surface area contributed by atoms with Crippen molar-refractivity contribution in [2.45, 2.75) is 19.8 Å². The second-order valence-electron chi connectivity index (χ2n) is 6.56. The molecule has 1 aliphatic rings. The number of aryl methyl sites for hydroxylation is 1. The van der Waals surface area contributed by atoms with Crippen LogP contribution in [-0.4, -0.2) is 39.3 Å². The Hall–Kier alpha value is -2.83. The van der Waals surface area contributed by atoms with Crippen LogP contribution in [0.15, 0.2) is 36.7 Å². The second-order valence-corrected chi connectivity index (χ2v) is 6.56. The maximum Gasteiger partial charge on any atom is 0.209 e. The van der Waals surface area contributed by atoms with Crippen molar-refractivity contribution in [3.63, 3.8) is 0 Å². The number of hydrogen-bond donors (Lipinski definition) is 1. The maximum absolute atomic E-state index is 6.04. The van der Waals surface area contributed by atoms with Gasteiger partial charge in [0.1, 0.15) is 17.9 Å². The van der Waals surface area contributed by atoms with Gasteiger partial charge in [0.05, 0.1) is 6.61 Å². The lowest BCUT2D eigenvalue weighted by Gasteiger charge is -2.33. The van der Waals surface area contributed by atoms with E-state index >= 15 is 0 Å². The molecule has 7 heteroatoms. The number of nitrogens with zero attached hydrogens (tertiary/aromatic N) is 5. The van der Waals surface area contributed by atoms with Crippen LogP contribution in [0.4, 0.5) is 11.8 Å². The number of nitrogen functional groups attached to an aromatic ring is 1. The van der Waals surface area contributed by atoms with Crippen molar-refractivity contribution in [3.8, 4) is 5.75 Å². The summed E-state index contributed by atoms with van der Waals surface area (Å²) in [6.07, 6.45) is 3.85. The zero-order valence-electron chi connectivity index (χ0n) is 14.3. The summed E-state index contributed by atoms with van der Waals surface area (Å²) in [6.45, 7) is 4.66. The van der Waals surface area contributed by atoms with E-state index in [-0.39, 0.29) is 0 Å². The lowest BCUT2D eigenvalue weighted by Crippen LogP contribution is -2.38. The molecule has 0 radical (unpaired) electrons. The number of fused-ring (bicyclic) bond motifs is 1. The molecule has 2 aromatic heterocycles. The lowest BCUT2D eigenvalue weighted by molar-refractivity contribution is 0.227. The van der Waals surface area contributed by atoms with Gasteiger partial charge in [-0.1, -0.05) is 18.2 Å². The predicted molar refractivity (Wildman–Crippen MR) is 96.8 cm³/mol. The van der Waals surface area contributed by atoms with Crippen molar-refractivity contribution in [1.29, 1.82) is 0 Å². The Morgan fingerprint density at radius 3 is 3.08 bits per heavy atom. The second kappa shape index (κ2) is 6.58. The van der Waals surface area contributed by atoms with Crippen LogP contribution in [0.1, 0.15) is 18.4 Å². The van der Waals surface area contributed by atoms with Crippen molar-refractivity contribution < 1.29 is 4.74 Å². The molecule has 1 fully saturated rings. The predicted octanol–water partition coefficient (Wildman–Crippen LogP) is 2.31. The van der Waals surface area contributed by atoms with Gasteiger partial charge in [-0.25, -0.2) is 0 Å². The summed E-state index contributed by atoms with van der Waals surface area (Å²) in [5, 5.41) is 7.97. The van der Waals surface area contributed by atoms with Gasteiger partial charge < -0.3 is 15.4 Å². The minimum atomic E-state index is 0.413. The third-order valence-electron chi connectivity index (χ3n) is 4.72. The molecule has 3 heterocycles. The van der Waals surface area contributed by atoms with E-state index in [4.69, 9.17) is 10.5 Å². The number of para-hydroxylation sites is 1. The first kappa shape index (κ1) is 15.7. The Kier molecular flexibility index (Phi) is 4.13. The number of benzene rings is 1. The summed E-state index contributed by atoms with van der Waals surface area (Å²) >= 11 is 0. The molecule has 1 saturated heterocycles. The minimum absolute atomic E-state index is 0.413. The van der Waals surface area contributed by atoms with Crippen LogP contribution in [0.2, 0.25) is 0 Å². The van der Waals surface area contributed by atoms with Crippen LogP contribution in [0.5, 0.6) is 5.75 Å².